The Labute approximate surface area is 185 Å². The standard InChI is InChI=1S/C24H25FN2O5/c25-20-9-2-1-8-18(20)19-13-27(15-24(19)11-4-3-10-21(28)26-24)23(31)16-6-5-7-17(12-16)32-14-22(29)30/h1-2,5-9,12,19H,3-4,10-11,13-15H2,(H,26,28)(H,29,30)/t19-,24+/m0/s1. The lowest BCUT2D eigenvalue weighted by molar-refractivity contribution is -0.139. The summed E-state index contributed by atoms with van der Waals surface area (Å²) in [6.07, 6.45) is 2.64. The van der Waals surface area contributed by atoms with Gasteiger partial charge in [0.2, 0.25) is 5.91 Å². The number of aliphatic carboxylic acids is 1. The van der Waals surface area contributed by atoms with Crippen LogP contribution in [0.3, 0.4) is 0 Å². The number of nitrogens with zero attached hydrogens (tertiary/aromatic N) is 1. The Hall–Kier alpha value is -3.42. The molecule has 2 saturated heterocycles. The average Bonchev–Trinajstić information content (AvgIpc) is 3.02. The lowest BCUT2D eigenvalue weighted by Crippen LogP contribution is -2.53. The highest BCUT2D eigenvalue weighted by atomic mass is 19.1. The first-order valence-electron chi connectivity index (χ1n) is 10.7. The van der Waals surface area contributed by atoms with Gasteiger partial charge in [0.1, 0.15) is 11.6 Å². The molecular formula is C24H25FN2O5. The van der Waals surface area contributed by atoms with E-state index >= 15 is 0 Å². The Balaban J connectivity index is 1.64. The Kier molecular flexibility index (Phi) is 6.12. The maximum atomic E-state index is 14.8. The van der Waals surface area contributed by atoms with Gasteiger partial charge < -0.3 is 20.1 Å². The highest BCUT2D eigenvalue weighted by molar-refractivity contribution is 5.95. The minimum absolute atomic E-state index is 0.0813. The summed E-state index contributed by atoms with van der Waals surface area (Å²) in [5.41, 5.74) is 0.101. The number of ether oxygens (including phenoxy) is 1. The van der Waals surface area contributed by atoms with Crippen LogP contribution in [-0.2, 0) is 9.59 Å². The van der Waals surface area contributed by atoms with Gasteiger partial charge in [0, 0.05) is 31.0 Å². The topological polar surface area (TPSA) is 95.9 Å². The third-order valence-electron chi connectivity index (χ3n) is 6.22. The average molecular weight is 440 g/mol. The van der Waals surface area contributed by atoms with Gasteiger partial charge in [0.15, 0.2) is 6.61 Å². The first-order chi connectivity index (χ1) is 15.4. The van der Waals surface area contributed by atoms with Crippen molar-refractivity contribution in [2.45, 2.75) is 37.1 Å². The molecule has 2 aromatic rings. The normalized spacial score (nSPS) is 23.0. The molecule has 2 amide bonds. The monoisotopic (exact) mass is 440 g/mol. The second-order valence-corrected chi connectivity index (χ2v) is 8.38. The van der Waals surface area contributed by atoms with Crippen molar-refractivity contribution in [3.05, 3.63) is 65.5 Å². The molecule has 2 atom stereocenters. The van der Waals surface area contributed by atoms with Crippen molar-refractivity contribution in [3.63, 3.8) is 0 Å². The molecule has 2 N–H and O–H groups in total. The van der Waals surface area contributed by atoms with E-state index in [2.05, 4.69) is 5.32 Å². The third kappa shape index (κ3) is 4.44. The number of amides is 2. The number of halogens is 1. The van der Waals surface area contributed by atoms with E-state index in [0.717, 1.165) is 12.8 Å². The number of hydrogen-bond acceptors (Lipinski definition) is 4. The van der Waals surface area contributed by atoms with E-state index in [1.54, 1.807) is 41.3 Å². The molecule has 0 radical (unpaired) electrons. The van der Waals surface area contributed by atoms with E-state index in [9.17, 15) is 18.8 Å². The molecule has 2 aromatic carbocycles. The summed E-state index contributed by atoms with van der Waals surface area (Å²) in [6, 6.07) is 12.8. The summed E-state index contributed by atoms with van der Waals surface area (Å²) >= 11 is 0. The number of nitrogens with one attached hydrogen (secondary N) is 1. The maximum Gasteiger partial charge on any atom is 0.341 e. The Morgan fingerprint density at radius 2 is 2.00 bits per heavy atom. The van der Waals surface area contributed by atoms with Gasteiger partial charge in [-0.15, -0.1) is 0 Å². The van der Waals surface area contributed by atoms with Crippen molar-refractivity contribution >= 4 is 17.8 Å². The first-order valence-corrected chi connectivity index (χ1v) is 10.7. The second-order valence-electron chi connectivity index (χ2n) is 8.38. The van der Waals surface area contributed by atoms with Crippen LogP contribution in [0.2, 0.25) is 0 Å². The van der Waals surface area contributed by atoms with Crippen molar-refractivity contribution in [2.75, 3.05) is 19.7 Å². The summed E-state index contributed by atoms with van der Waals surface area (Å²) in [5, 5.41) is 11.9. The molecular weight excluding hydrogens is 415 g/mol. The molecule has 168 valence electrons. The molecule has 1 spiro atoms. The van der Waals surface area contributed by atoms with E-state index in [4.69, 9.17) is 9.84 Å². The Bertz CT molecular complexity index is 1040. The number of hydrogen-bond donors (Lipinski definition) is 2. The van der Waals surface area contributed by atoms with Gasteiger partial charge in [0.25, 0.3) is 5.91 Å². The highest BCUT2D eigenvalue weighted by Gasteiger charge is 2.50. The molecule has 2 fully saturated rings. The van der Waals surface area contributed by atoms with E-state index in [1.807, 2.05) is 0 Å². The molecule has 4 rings (SSSR count). The second kappa shape index (κ2) is 8.98. The maximum absolute atomic E-state index is 14.8. The fourth-order valence-electron chi connectivity index (χ4n) is 4.77. The van der Waals surface area contributed by atoms with Crippen LogP contribution in [-0.4, -0.2) is 53.0 Å². The summed E-state index contributed by atoms with van der Waals surface area (Å²) in [6.45, 7) is 0.0307. The molecule has 0 bridgehead atoms. The van der Waals surface area contributed by atoms with Gasteiger partial charge in [-0.3, -0.25) is 9.59 Å². The van der Waals surface area contributed by atoms with Crippen molar-refractivity contribution in [3.8, 4) is 5.75 Å². The van der Waals surface area contributed by atoms with Crippen molar-refractivity contribution in [2.24, 2.45) is 0 Å². The van der Waals surface area contributed by atoms with Crippen LogP contribution < -0.4 is 10.1 Å². The quantitative estimate of drug-likeness (QED) is 0.745. The number of carbonyl (C=O) groups excluding carboxylic acids is 2. The molecule has 32 heavy (non-hydrogen) atoms. The van der Waals surface area contributed by atoms with E-state index in [-0.39, 0.29) is 42.4 Å². The van der Waals surface area contributed by atoms with Crippen molar-refractivity contribution < 1.29 is 28.6 Å². The largest absolute Gasteiger partial charge is 0.482 e. The van der Waals surface area contributed by atoms with Crippen molar-refractivity contribution in [1.82, 2.24) is 10.2 Å². The summed E-state index contributed by atoms with van der Waals surface area (Å²) in [7, 11) is 0. The third-order valence-corrected chi connectivity index (χ3v) is 6.22. The van der Waals surface area contributed by atoms with Crippen LogP contribution >= 0.6 is 0 Å². The minimum Gasteiger partial charge on any atom is -0.482 e. The van der Waals surface area contributed by atoms with Gasteiger partial charge in [-0.1, -0.05) is 30.7 Å². The molecule has 0 saturated carbocycles. The summed E-state index contributed by atoms with van der Waals surface area (Å²) in [4.78, 5) is 38.2. The minimum atomic E-state index is -1.11. The SMILES string of the molecule is O=C(O)COc1cccc(C(=O)N2C[C@@H](c3ccccc3F)[C@@]3(CCCCC(=O)N3)C2)c1. The smallest absolute Gasteiger partial charge is 0.341 e. The highest BCUT2D eigenvalue weighted by Crippen LogP contribution is 2.42. The number of benzene rings is 2. The number of rotatable bonds is 5. The molecule has 0 aliphatic carbocycles. The number of likely N-dealkylation sites (tertiary alicyclic amines) is 1. The van der Waals surface area contributed by atoms with Crippen LogP contribution in [0.25, 0.3) is 0 Å². The molecule has 0 unspecified atom stereocenters. The Morgan fingerprint density at radius 1 is 1.19 bits per heavy atom. The predicted octanol–water partition coefficient (Wildman–Crippen LogP) is 2.96. The van der Waals surface area contributed by atoms with Crippen LogP contribution in [0.15, 0.2) is 48.5 Å². The van der Waals surface area contributed by atoms with E-state index in [1.165, 1.54) is 12.1 Å². The van der Waals surface area contributed by atoms with E-state index in [0.29, 0.717) is 24.0 Å². The molecule has 2 heterocycles. The fourth-order valence-corrected chi connectivity index (χ4v) is 4.77. The lowest BCUT2D eigenvalue weighted by Gasteiger charge is -2.34. The number of carboxylic acids is 1. The van der Waals surface area contributed by atoms with Gasteiger partial charge in [-0.2, -0.15) is 0 Å². The fraction of sp³-hybridized carbons (Fsp3) is 0.375. The predicted molar refractivity (Wildman–Crippen MR) is 114 cm³/mol. The zero-order valence-corrected chi connectivity index (χ0v) is 17.6. The van der Waals surface area contributed by atoms with Gasteiger partial charge >= 0.3 is 5.97 Å². The number of carboxylic acid groups (broad SMARTS) is 1. The van der Waals surface area contributed by atoms with Crippen LogP contribution in [0, 0.1) is 5.82 Å². The molecule has 7 nitrogen and oxygen atoms in total. The van der Waals surface area contributed by atoms with Crippen LogP contribution in [0.1, 0.15) is 47.5 Å². The molecule has 0 aromatic heterocycles. The zero-order valence-electron chi connectivity index (χ0n) is 17.6. The van der Waals surface area contributed by atoms with Crippen LogP contribution in [0.4, 0.5) is 4.39 Å². The van der Waals surface area contributed by atoms with Gasteiger partial charge in [-0.05, 0) is 42.7 Å². The van der Waals surface area contributed by atoms with Gasteiger partial charge in [-0.25, -0.2) is 9.18 Å². The van der Waals surface area contributed by atoms with E-state index < -0.39 is 18.1 Å². The first kappa shape index (κ1) is 21.8. The lowest BCUT2D eigenvalue weighted by atomic mass is 9.78. The molecule has 8 heteroatoms. The Morgan fingerprint density at radius 3 is 2.78 bits per heavy atom. The van der Waals surface area contributed by atoms with Crippen molar-refractivity contribution in [1.29, 1.82) is 0 Å². The summed E-state index contributed by atoms with van der Waals surface area (Å²) < 4.78 is 19.9. The zero-order chi connectivity index (χ0) is 22.7. The molecule has 2 aliphatic heterocycles. The summed E-state index contributed by atoms with van der Waals surface area (Å²) in [5.74, 6) is -1.92. The van der Waals surface area contributed by atoms with Crippen LogP contribution in [0.5, 0.6) is 5.75 Å². The molecule has 2 aliphatic rings. The van der Waals surface area contributed by atoms with Gasteiger partial charge in [0.05, 0.1) is 5.54 Å². The number of carbonyl (C=O) groups is 3.